The van der Waals surface area contributed by atoms with Gasteiger partial charge in [0.2, 0.25) is 5.76 Å². The van der Waals surface area contributed by atoms with Crippen molar-refractivity contribution < 1.29 is 18.5 Å². The number of fused-ring (bicyclic) bond motifs is 2. The van der Waals surface area contributed by atoms with E-state index in [2.05, 4.69) is 5.16 Å². The average molecular weight is 388 g/mol. The minimum atomic E-state index is -0.751. The molecule has 1 aliphatic rings. The van der Waals surface area contributed by atoms with Crippen LogP contribution in [0.2, 0.25) is 0 Å². The average Bonchev–Trinajstić information content (AvgIpc) is 3.29. The monoisotopic (exact) mass is 388 g/mol. The molecular weight excluding hydrogens is 372 g/mol. The number of ether oxygens (including phenoxy) is 1. The second kappa shape index (κ2) is 6.34. The largest absolute Gasteiger partial charge is 0.496 e. The highest BCUT2D eigenvalue weighted by molar-refractivity contribution is 6.10. The molecule has 1 amide bonds. The highest BCUT2D eigenvalue weighted by Crippen LogP contribution is 2.43. The maximum atomic E-state index is 13.4. The van der Waals surface area contributed by atoms with Crippen molar-refractivity contribution >= 4 is 22.7 Å². The van der Waals surface area contributed by atoms with Gasteiger partial charge in [-0.3, -0.25) is 14.5 Å². The van der Waals surface area contributed by atoms with Gasteiger partial charge in [0.25, 0.3) is 5.91 Å². The highest BCUT2D eigenvalue weighted by Gasteiger charge is 2.45. The van der Waals surface area contributed by atoms with Crippen molar-refractivity contribution in [2.75, 3.05) is 12.0 Å². The number of aryl methyl sites for hydroxylation is 1. The van der Waals surface area contributed by atoms with Crippen LogP contribution in [0.4, 0.5) is 5.82 Å². The van der Waals surface area contributed by atoms with Gasteiger partial charge in [0.1, 0.15) is 23.1 Å². The normalized spacial score (nSPS) is 15.7. The zero-order chi connectivity index (χ0) is 20.1. The van der Waals surface area contributed by atoms with Gasteiger partial charge in [0.15, 0.2) is 11.2 Å². The lowest BCUT2D eigenvalue weighted by molar-refractivity contribution is 0.0969. The number of hydrogen-bond donors (Lipinski definition) is 0. The van der Waals surface area contributed by atoms with Gasteiger partial charge in [-0.05, 0) is 25.1 Å². The Kier molecular flexibility index (Phi) is 3.77. The van der Waals surface area contributed by atoms with Gasteiger partial charge in [-0.2, -0.15) is 0 Å². The number of carbonyl (C=O) groups is 1. The van der Waals surface area contributed by atoms with Crippen LogP contribution in [0, 0.1) is 6.92 Å². The number of methoxy groups -OCH3 is 1. The first-order valence-electron chi connectivity index (χ1n) is 9.05. The maximum Gasteiger partial charge on any atom is 0.296 e. The second-order valence-electron chi connectivity index (χ2n) is 6.79. The topological polar surface area (TPSA) is 85.8 Å². The molecule has 0 unspecified atom stereocenters. The molecule has 0 radical (unpaired) electrons. The first-order chi connectivity index (χ1) is 14.1. The number of para-hydroxylation sites is 2. The number of carbonyl (C=O) groups excluding carboxylic acids is 1. The lowest BCUT2D eigenvalue weighted by Crippen LogP contribution is -2.30. The van der Waals surface area contributed by atoms with Gasteiger partial charge < -0.3 is 13.7 Å². The summed E-state index contributed by atoms with van der Waals surface area (Å²) in [7, 11) is 1.55. The number of aromatic nitrogens is 1. The van der Waals surface area contributed by atoms with E-state index in [-0.39, 0.29) is 16.8 Å². The number of benzene rings is 2. The van der Waals surface area contributed by atoms with Crippen LogP contribution in [-0.2, 0) is 0 Å². The number of hydrogen-bond acceptors (Lipinski definition) is 6. The molecule has 2 aromatic carbocycles. The molecule has 0 saturated carbocycles. The van der Waals surface area contributed by atoms with Crippen LogP contribution in [-0.4, -0.2) is 18.2 Å². The smallest absolute Gasteiger partial charge is 0.296 e. The summed E-state index contributed by atoms with van der Waals surface area (Å²) in [4.78, 5) is 28.2. The molecule has 1 atom stereocenters. The van der Waals surface area contributed by atoms with Crippen LogP contribution in [0.1, 0.15) is 33.5 Å². The van der Waals surface area contributed by atoms with Crippen LogP contribution >= 0.6 is 0 Å². The standard InChI is InChI=1S/C22H16N2O5/c1-12-11-17(23-29-12)24-19(13-7-3-5-9-15(13)27-2)18-20(25)14-8-4-6-10-16(14)28-21(18)22(24)26/h3-11,19H,1-2H3/t19-/m0/s1. The lowest BCUT2D eigenvalue weighted by atomic mass is 9.97. The summed E-state index contributed by atoms with van der Waals surface area (Å²) in [5, 5.41) is 4.42. The zero-order valence-electron chi connectivity index (χ0n) is 15.7. The third-order valence-electron chi connectivity index (χ3n) is 5.07. The third-order valence-corrected chi connectivity index (χ3v) is 5.07. The molecule has 2 aromatic heterocycles. The Morgan fingerprint density at radius 2 is 1.83 bits per heavy atom. The minimum Gasteiger partial charge on any atom is -0.496 e. The fraction of sp³-hybridized carbons (Fsp3) is 0.136. The van der Waals surface area contributed by atoms with Crippen molar-refractivity contribution in [3.63, 3.8) is 0 Å². The van der Waals surface area contributed by atoms with Crippen LogP contribution in [0.15, 0.2) is 68.3 Å². The van der Waals surface area contributed by atoms with Gasteiger partial charge in [-0.25, -0.2) is 0 Å². The molecule has 0 saturated heterocycles. The van der Waals surface area contributed by atoms with E-state index in [0.717, 1.165) is 0 Å². The van der Waals surface area contributed by atoms with Crippen LogP contribution in [0.25, 0.3) is 11.0 Å². The molecule has 3 heterocycles. The molecular formula is C22H16N2O5. The molecule has 0 spiro atoms. The third kappa shape index (κ3) is 2.47. The molecule has 0 aliphatic carbocycles. The Labute approximate surface area is 165 Å². The quantitative estimate of drug-likeness (QED) is 0.530. The van der Waals surface area contributed by atoms with E-state index in [1.165, 1.54) is 4.90 Å². The first-order valence-corrected chi connectivity index (χ1v) is 9.05. The van der Waals surface area contributed by atoms with E-state index < -0.39 is 11.9 Å². The highest BCUT2D eigenvalue weighted by atomic mass is 16.5. The predicted molar refractivity (Wildman–Crippen MR) is 105 cm³/mol. The fourth-order valence-corrected chi connectivity index (χ4v) is 3.81. The van der Waals surface area contributed by atoms with Gasteiger partial charge in [-0.15, -0.1) is 0 Å². The molecule has 7 heteroatoms. The number of anilines is 1. The molecule has 29 heavy (non-hydrogen) atoms. The minimum absolute atomic E-state index is 0.00487. The van der Waals surface area contributed by atoms with E-state index >= 15 is 0 Å². The van der Waals surface area contributed by atoms with Crippen molar-refractivity contribution in [2.45, 2.75) is 13.0 Å². The maximum absolute atomic E-state index is 13.4. The summed E-state index contributed by atoms with van der Waals surface area (Å²) in [5.41, 5.74) is 1.03. The number of amides is 1. The van der Waals surface area contributed by atoms with Crippen LogP contribution in [0.5, 0.6) is 5.75 Å². The Morgan fingerprint density at radius 3 is 2.59 bits per heavy atom. The van der Waals surface area contributed by atoms with Gasteiger partial charge in [-0.1, -0.05) is 35.5 Å². The second-order valence-corrected chi connectivity index (χ2v) is 6.79. The summed E-state index contributed by atoms with van der Waals surface area (Å²) < 4.78 is 16.6. The molecule has 144 valence electrons. The number of nitrogens with zero attached hydrogens (tertiary/aromatic N) is 2. The van der Waals surface area contributed by atoms with Crippen LogP contribution < -0.4 is 15.1 Å². The van der Waals surface area contributed by atoms with Crippen molar-refractivity contribution in [3.05, 3.63) is 87.5 Å². The summed E-state index contributed by atoms with van der Waals surface area (Å²) >= 11 is 0. The summed E-state index contributed by atoms with van der Waals surface area (Å²) in [6.07, 6.45) is 0. The van der Waals surface area contributed by atoms with E-state index in [1.54, 1.807) is 50.4 Å². The van der Waals surface area contributed by atoms with Crippen molar-refractivity contribution in [1.82, 2.24) is 5.16 Å². The van der Waals surface area contributed by atoms with Crippen molar-refractivity contribution in [1.29, 1.82) is 0 Å². The molecule has 0 fully saturated rings. The first kappa shape index (κ1) is 17.2. The summed E-state index contributed by atoms with van der Waals surface area (Å²) in [6.45, 7) is 1.74. The Bertz CT molecular complexity index is 1320. The van der Waals surface area contributed by atoms with Crippen molar-refractivity contribution in [3.8, 4) is 5.75 Å². The van der Waals surface area contributed by atoms with Crippen LogP contribution in [0.3, 0.4) is 0 Å². The molecule has 0 N–H and O–H groups in total. The Balaban J connectivity index is 1.85. The molecule has 0 bridgehead atoms. The molecule has 5 rings (SSSR count). The summed E-state index contributed by atoms with van der Waals surface area (Å²) in [6, 6.07) is 15.0. The van der Waals surface area contributed by atoms with E-state index in [1.807, 2.05) is 18.2 Å². The molecule has 4 aromatic rings. The van der Waals surface area contributed by atoms with Gasteiger partial charge in [0.05, 0.1) is 18.1 Å². The fourth-order valence-electron chi connectivity index (χ4n) is 3.81. The van der Waals surface area contributed by atoms with E-state index in [0.29, 0.717) is 33.9 Å². The molecule has 1 aliphatic heterocycles. The summed E-state index contributed by atoms with van der Waals surface area (Å²) in [5.74, 6) is 0.957. The predicted octanol–water partition coefficient (Wildman–Crippen LogP) is 3.85. The van der Waals surface area contributed by atoms with E-state index in [4.69, 9.17) is 13.7 Å². The van der Waals surface area contributed by atoms with E-state index in [9.17, 15) is 9.59 Å². The Morgan fingerprint density at radius 1 is 1.07 bits per heavy atom. The van der Waals surface area contributed by atoms with Gasteiger partial charge >= 0.3 is 0 Å². The lowest BCUT2D eigenvalue weighted by Gasteiger charge is -2.23. The Hall–Kier alpha value is -3.87. The van der Waals surface area contributed by atoms with Crippen molar-refractivity contribution in [2.24, 2.45) is 0 Å². The number of rotatable bonds is 3. The van der Waals surface area contributed by atoms with Gasteiger partial charge in [0, 0.05) is 11.6 Å². The molecule has 7 nitrogen and oxygen atoms in total. The zero-order valence-corrected chi connectivity index (χ0v) is 15.7. The SMILES string of the molecule is COc1ccccc1[C@H]1c2c(oc3ccccc3c2=O)C(=O)N1c1cc(C)on1.